The molecule has 128 valence electrons. The van der Waals surface area contributed by atoms with Crippen LogP contribution < -0.4 is 0 Å². The van der Waals surface area contributed by atoms with Gasteiger partial charge in [0.15, 0.2) is 0 Å². The van der Waals surface area contributed by atoms with Crippen LogP contribution in [0.2, 0.25) is 10.0 Å². The van der Waals surface area contributed by atoms with Crippen LogP contribution in [0.5, 0.6) is 0 Å². The Morgan fingerprint density at radius 3 is 2.46 bits per heavy atom. The zero-order chi connectivity index (χ0) is 17.9. The van der Waals surface area contributed by atoms with Gasteiger partial charge in [-0.15, -0.1) is 0 Å². The molecular weight excluding hydrogens is 363 g/mol. The van der Waals surface area contributed by atoms with E-state index < -0.39 is 0 Å². The molecule has 1 heterocycles. The molecule has 3 aromatic carbocycles. The smallest absolute Gasteiger partial charge is 0.142 e. The van der Waals surface area contributed by atoms with E-state index in [1.165, 1.54) is 5.56 Å². The highest BCUT2D eigenvalue weighted by molar-refractivity contribution is 6.36. The summed E-state index contributed by atoms with van der Waals surface area (Å²) >= 11 is 12.5. The standard InChI is InChI=1S/C22H16Cl2N2/c23-17-12-13-18(19(24)15-17)22-25-20-10-4-5-11-21(20)26(22)14-6-9-16-7-2-1-3-8-16/h1-13,15H,14H2/b9-6+. The maximum atomic E-state index is 6.44. The van der Waals surface area contributed by atoms with Gasteiger partial charge in [0.25, 0.3) is 0 Å². The number of imidazole rings is 1. The number of hydrogen-bond acceptors (Lipinski definition) is 1. The van der Waals surface area contributed by atoms with E-state index in [2.05, 4.69) is 34.9 Å². The van der Waals surface area contributed by atoms with Crippen molar-refractivity contribution in [3.63, 3.8) is 0 Å². The minimum Gasteiger partial charge on any atom is -0.320 e. The molecule has 0 saturated heterocycles. The molecule has 0 bridgehead atoms. The molecule has 0 amide bonds. The van der Waals surface area contributed by atoms with Gasteiger partial charge >= 0.3 is 0 Å². The zero-order valence-corrected chi connectivity index (χ0v) is 15.5. The predicted octanol–water partition coefficient (Wildman–Crippen LogP) is 6.72. The van der Waals surface area contributed by atoms with Gasteiger partial charge in [0.05, 0.1) is 16.1 Å². The number of hydrogen-bond donors (Lipinski definition) is 0. The number of halogens is 2. The average Bonchev–Trinajstić information content (AvgIpc) is 3.01. The number of para-hydroxylation sites is 2. The SMILES string of the molecule is Clc1ccc(-c2nc3ccccc3n2C/C=C/c2ccccc2)c(Cl)c1. The van der Waals surface area contributed by atoms with E-state index in [0.717, 1.165) is 22.4 Å². The summed E-state index contributed by atoms with van der Waals surface area (Å²) in [6, 6.07) is 23.9. The second kappa shape index (κ2) is 7.36. The molecule has 4 heteroatoms. The summed E-state index contributed by atoms with van der Waals surface area (Å²) in [4.78, 5) is 4.80. The van der Waals surface area contributed by atoms with Crippen LogP contribution in [0.25, 0.3) is 28.5 Å². The molecule has 0 radical (unpaired) electrons. The summed E-state index contributed by atoms with van der Waals surface area (Å²) in [5.41, 5.74) is 4.07. The number of allylic oxidation sites excluding steroid dienone is 1. The Morgan fingerprint density at radius 2 is 1.65 bits per heavy atom. The third-order valence-corrected chi connectivity index (χ3v) is 4.77. The molecular formula is C22H16Cl2N2. The molecule has 0 aliphatic heterocycles. The first kappa shape index (κ1) is 16.9. The van der Waals surface area contributed by atoms with Crippen molar-refractivity contribution in [3.8, 4) is 11.4 Å². The van der Waals surface area contributed by atoms with Crippen LogP contribution in [-0.2, 0) is 6.54 Å². The number of rotatable bonds is 4. The molecule has 0 fully saturated rings. The Bertz CT molecular complexity index is 1080. The first-order valence-corrected chi connectivity index (χ1v) is 9.10. The molecule has 1 aromatic heterocycles. The summed E-state index contributed by atoms with van der Waals surface area (Å²) in [7, 11) is 0. The molecule has 4 rings (SSSR count). The lowest BCUT2D eigenvalue weighted by Crippen LogP contribution is -1.99. The number of nitrogens with zero attached hydrogens (tertiary/aromatic N) is 2. The van der Waals surface area contributed by atoms with E-state index in [4.69, 9.17) is 28.2 Å². The fourth-order valence-corrected chi connectivity index (χ4v) is 3.49. The minimum atomic E-state index is 0.598. The average molecular weight is 379 g/mol. The molecule has 0 unspecified atom stereocenters. The maximum Gasteiger partial charge on any atom is 0.142 e. The molecule has 0 aliphatic carbocycles. The van der Waals surface area contributed by atoms with Gasteiger partial charge in [0.2, 0.25) is 0 Å². The van der Waals surface area contributed by atoms with Gasteiger partial charge in [-0.2, -0.15) is 0 Å². The second-order valence-corrected chi connectivity index (χ2v) is 6.82. The lowest BCUT2D eigenvalue weighted by atomic mass is 10.2. The Kier molecular flexibility index (Phi) is 4.79. The van der Waals surface area contributed by atoms with Crippen molar-refractivity contribution in [1.29, 1.82) is 0 Å². The lowest BCUT2D eigenvalue weighted by Gasteiger charge is -2.08. The lowest BCUT2D eigenvalue weighted by molar-refractivity contribution is 0.863. The molecule has 0 saturated carbocycles. The Hall–Kier alpha value is -2.55. The van der Waals surface area contributed by atoms with E-state index in [1.807, 2.05) is 48.5 Å². The topological polar surface area (TPSA) is 17.8 Å². The van der Waals surface area contributed by atoms with Gasteiger partial charge in [-0.1, -0.05) is 77.8 Å². The van der Waals surface area contributed by atoms with Gasteiger partial charge in [-0.05, 0) is 35.9 Å². The first-order valence-electron chi connectivity index (χ1n) is 8.34. The highest BCUT2D eigenvalue weighted by atomic mass is 35.5. The van der Waals surface area contributed by atoms with Crippen molar-refractivity contribution in [2.45, 2.75) is 6.54 Å². The normalized spacial score (nSPS) is 11.5. The van der Waals surface area contributed by atoms with Gasteiger partial charge in [0, 0.05) is 17.1 Å². The van der Waals surface area contributed by atoms with Crippen molar-refractivity contribution < 1.29 is 0 Å². The van der Waals surface area contributed by atoms with Gasteiger partial charge in [-0.3, -0.25) is 0 Å². The van der Waals surface area contributed by atoms with Crippen LogP contribution in [0, 0.1) is 0 Å². The van der Waals surface area contributed by atoms with Gasteiger partial charge in [0.1, 0.15) is 5.82 Å². The first-order chi connectivity index (χ1) is 12.7. The number of fused-ring (bicyclic) bond motifs is 1. The summed E-state index contributed by atoms with van der Waals surface area (Å²) in [6.07, 6.45) is 4.25. The Morgan fingerprint density at radius 1 is 0.885 bits per heavy atom. The Labute approximate surface area is 162 Å². The molecule has 2 nitrogen and oxygen atoms in total. The summed E-state index contributed by atoms with van der Waals surface area (Å²) < 4.78 is 2.17. The van der Waals surface area contributed by atoms with Crippen molar-refractivity contribution in [2.24, 2.45) is 0 Å². The summed E-state index contributed by atoms with van der Waals surface area (Å²) in [5, 5.41) is 1.21. The predicted molar refractivity (Wildman–Crippen MR) is 111 cm³/mol. The Balaban J connectivity index is 1.78. The minimum absolute atomic E-state index is 0.598. The van der Waals surface area contributed by atoms with Crippen molar-refractivity contribution in [3.05, 3.63) is 94.5 Å². The van der Waals surface area contributed by atoms with Crippen molar-refractivity contribution >= 4 is 40.3 Å². The largest absolute Gasteiger partial charge is 0.320 e. The molecule has 0 N–H and O–H groups in total. The number of benzene rings is 3. The number of aromatic nitrogens is 2. The van der Waals surface area contributed by atoms with Crippen LogP contribution in [0.4, 0.5) is 0 Å². The third-order valence-electron chi connectivity index (χ3n) is 4.22. The summed E-state index contributed by atoms with van der Waals surface area (Å²) in [5.74, 6) is 0.838. The fourth-order valence-electron chi connectivity index (χ4n) is 3.00. The van der Waals surface area contributed by atoms with Crippen molar-refractivity contribution in [1.82, 2.24) is 9.55 Å². The molecule has 4 aromatic rings. The van der Waals surface area contributed by atoms with Crippen molar-refractivity contribution in [2.75, 3.05) is 0 Å². The van der Waals surface area contributed by atoms with E-state index in [-0.39, 0.29) is 0 Å². The quantitative estimate of drug-likeness (QED) is 0.385. The van der Waals surface area contributed by atoms with Crippen LogP contribution in [0.3, 0.4) is 0 Å². The van der Waals surface area contributed by atoms with E-state index in [1.54, 1.807) is 6.07 Å². The van der Waals surface area contributed by atoms with Crippen LogP contribution in [-0.4, -0.2) is 9.55 Å². The molecule has 26 heavy (non-hydrogen) atoms. The molecule has 0 atom stereocenters. The van der Waals surface area contributed by atoms with Crippen LogP contribution in [0.1, 0.15) is 5.56 Å². The highest BCUT2D eigenvalue weighted by Gasteiger charge is 2.14. The molecule has 0 spiro atoms. The van der Waals surface area contributed by atoms with E-state index in [9.17, 15) is 0 Å². The monoisotopic (exact) mass is 378 g/mol. The van der Waals surface area contributed by atoms with E-state index >= 15 is 0 Å². The molecule has 0 aliphatic rings. The zero-order valence-electron chi connectivity index (χ0n) is 13.9. The van der Waals surface area contributed by atoms with Gasteiger partial charge in [-0.25, -0.2) is 4.98 Å². The second-order valence-electron chi connectivity index (χ2n) is 5.97. The highest BCUT2D eigenvalue weighted by Crippen LogP contribution is 2.32. The maximum absolute atomic E-state index is 6.44. The third kappa shape index (κ3) is 3.39. The van der Waals surface area contributed by atoms with Crippen LogP contribution in [0.15, 0.2) is 78.9 Å². The van der Waals surface area contributed by atoms with Crippen LogP contribution >= 0.6 is 23.2 Å². The fraction of sp³-hybridized carbons (Fsp3) is 0.0455. The van der Waals surface area contributed by atoms with E-state index in [0.29, 0.717) is 16.6 Å². The van der Waals surface area contributed by atoms with Gasteiger partial charge < -0.3 is 4.57 Å². The summed E-state index contributed by atoms with van der Waals surface area (Å²) in [6.45, 7) is 0.698.